The van der Waals surface area contributed by atoms with Crippen molar-refractivity contribution in [3.05, 3.63) is 34.3 Å². The van der Waals surface area contributed by atoms with Gasteiger partial charge in [-0.1, -0.05) is 17.7 Å². The van der Waals surface area contributed by atoms with Gasteiger partial charge in [0.25, 0.3) is 5.91 Å². The van der Waals surface area contributed by atoms with Crippen LogP contribution >= 0.6 is 11.6 Å². The second-order valence-electron chi connectivity index (χ2n) is 4.39. The van der Waals surface area contributed by atoms with Gasteiger partial charge in [0.2, 0.25) is 0 Å². The summed E-state index contributed by atoms with van der Waals surface area (Å²) >= 11 is 6.01. The summed E-state index contributed by atoms with van der Waals surface area (Å²) in [6.45, 7) is 2.60. The number of carbonyl (C=O) groups is 1. The average Bonchev–Trinajstić information content (AvgIpc) is 2.80. The van der Waals surface area contributed by atoms with Gasteiger partial charge in [0.15, 0.2) is 0 Å². The maximum atomic E-state index is 12.3. The first-order valence-electron chi connectivity index (χ1n) is 5.82. The lowest BCUT2D eigenvalue weighted by atomic mass is 10.1. The number of hydrogen-bond donors (Lipinski definition) is 1. The minimum atomic E-state index is -0.0409. The molecule has 0 aromatic heterocycles. The molecule has 0 spiro atoms. The molecule has 92 valence electrons. The zero-order valence-electron chi connectivity index (χ0n) is 9.82. The molecule has 2 rings (SSSR count). The molecule has 4 heteroatoms. The molecule has 1 amide bonds. The zero-order chi connectivity index (χ0) is 12.4. The lowest BCUT2D eigenvalue weighted by Gasteiger charge is -2.24. The minimum Gasteiger partial charge on any atom is -0.394 e. The summed E-state index contributed by atoms with van der Waals surface area (Å²) in [5, 5.41) is 9.84. The summed E-state index contributed by atoms with van der Waals surface area (Å²) in [7, 11) is 0. The highest BCUT2D eigenvalue weighted by Crippen LogP contribution is 2.24. The van der Waals surface area contributed by atoms with Crippen molar-refractivity contribution in [2.45, 2.75) is 25.8 Å². The van der Waals surface area contributed by atoms with Crippen molar-refractivity contribution in [2.24, 2.45) is 0 Å². The van der Waals surface area contributed by atoms with Gasteiger partial charge in [-0.2, -0.15) is 0 Å². The van der Waals surface area contributed by atoms with Crippen molar-refractivity contribution in [2.75, 3.05) is 13.2 Å². The molecule has 17 heavy (non-hydrogen) atoms. The van der Waals surface area contributed by atoms with Gasteiger partial charge in [0, 0.05) is 17.1 Å². The molecular formula is C13H16ClNO2. The van der Waals surface area contributed by atoms with Crippen LogP contribution in [-0.4, -0.2) is 35.1 Å². The lowest BCUT2D eigenvalue weighted by Crippen LogP contribution is -2.37. The first kappa shape index (κ1) is 12.4. The number of halogens is 1. The Morgan fingerprint density at radius 2 is 2.35 bits per heavy atom. The summed E-state index contributed by atoms with van der Waals surface area (Å²) in [6, 6.07) is 5.31. The number of hydrogen-bond acceptors (Lipinski definition) is 2. The standard InChI is InChI=1S/C13H16ClNO2/c1-9-11(5-2-6-12(9)14)13(17)15-7-3-4-10(15)8-16/h2,5-6,10,16H,3-4,7-8H2,1H3. The molecule has 3 nitrogen and oxygen atoms in total. The molecule has 0 radical (unpaired) electrons. The molecular weight excluding hydrogens is 238 g/mol. The van der Waals surface area contributed by atoms with Gasteiger partial charge < -0.3 is 10.0 Å². The molecule has 1 heterocycles. The van der Waals surface area contributed by atoms with Gasteiger partial charge in [-0.15, -0.1) is 0 Å². The van der Waals surface area contributed by atoms with Crippen LogP contribution in [0.5, 0.6) is 0 Å². The van der Waals surface area contributed by atoms with E-state index in [1.54, 1.807) is 23.1 Å². The second-order valence-corrected chi connectivity index (χ2v) is 4.80. The number of aliphatic hydroxyl groups is 1. The minimum absolute atomic E-state index is 0.0263. The molecule has 1 aliphatic heterocycles. The molecule has 1 N–H and O–H groups in total. The van der Waals surface area contributed by atoms with Crippen LogP contribution in [0.15, 0.2) is 18.2 Å². The number of amides is 1. The number of benzene rings is 1. The van der Waals surface area contributed by atoms with E-state index in [0.29, 0.717) is 10.6 Å². The summed E-state index contributed by atoms with van der Waals surface area (Å²) in [6.07, 6.45) is 1.83. The quantitative estimate of drug-likeness (QED) is 0.878. The van der Waals surface area contributed by atoms with Gasteiger partial charge >= 0.3 is 0 Å². The highest BCUT2D eigenvalue weighted by Gasteiger charge is 2.29. The van der Waals surface area contributed by atoms with Gasteiger partial charge in [-0.3, -0.25) is 4.79 Å². The van der Waals surface area contributed by atoms with E-state index in [1.165, 1.54) is 0 Å². The number of rotatable bonds is 2. The largest absolute Gasteiger partial charge is 0.394 e. The van der Waals surface area contributed by atoms with Crippen molar-refractivity contribution >= 4 is 17.5 Å². The monoisotopic (exact) mass is 253 g/mol. The van der Waals surface area contributed by atoms with Gasteiger partial charge in [-0.25, -0.2) is 0 Å². The third kappa shape index (κ3) is 2.31. The molecule has 0 aliphatic carbocycles. The van der Waals surface area contributed by atoms with Crippen LogP contribution in [0.4, 0.5) is 0 Å². The number of likely N-dealkylation sites (tertiary alicyclic amines) is 1. The first-order valence-corrected chi connectivity index (χ1v) is 6.20. The van der Waals surface area contributed by atoms with Crippen LogP contribution in [0.3, 0.4) is 0 Å². The third-order valence-corrected chi connectivity index (χ3v) is 3.76. The van der Waals surface area contributed by atoms with Crippen molar-refractivity contribution in [3.8, 4) is 0 Å². The molecule has 0 saturated carbocycles. The van der Waals surface area contributed by atoms with E-state index in [2.05, 4.69) is 0 Å². The smallest absolute Gasteiger partial charge is 0.254 e. The SMILES string of the molecule is Cc1c(Cl)cccc1C(=O)N1CCCC1CO. The molecule has 1 saturated heterocycles. The van der Waals surface area contributed by atoms with Crippen LogP contribution < -0.4 is 0 Å². The van der Waals surface area contributed by atoms with E-state index in [1.807, 2.05) is 6.92 Å². The van der Waals surface area contributed by atoms with Crippen LogP contribution in [0, 0.1) is 6.92 Å². The zero-order valence-corrected chi connectivity index (χ0v) is 10.6. The predicted octanol–water partition coefficient (Wildman–Crippen LogP) is 2.25. The highest BCUT2D eigenvalue weighted by atomic mass is 35.5. The number of nitrogens with zero attached hydrogens (tertiary/aromatic N) is 1. The van der Waals surface area contributed by atoms with Gasteiger partial charge in [-0.05, 0) is 37.5 Å². The van der Waals surface area contributed by atoms with Crippen molar-refractivity contribution in [1.29, 1.82) is 0 Å². The molecule has 1 aromatic carbocycles. The molecule has 1 aromatic rings. The van der Waals surface area contributed by atoms with Crippen molar-refractivity contribution < 1.29 is 9.90 Å². The molecule has 0 bridgehead atoms. The van der Waals surface area contributed by atoms with E-state index >= 15 is 0 Å². The topological polar surface area (TPSA) is 40.5 Å². The normalized spacial score (nSPS) is 19.7. The Kier molecular flexibility index (Phi) is 3.69. The Bertz CT molecular complexity index is 433. The van der Waals surface area contributed by atoms with E-state index in [4.69, 9.17) is 11.6 Å². The fraction of sp³-hybridized carbons (Fsp3) is 0.462. The summed E-state index contributed by atoms with van der Waals surface area (Å²) in [5.41, 5.74) is 1.45. The van der Waals surface area contributed by atoms with Crippen molar-refractivity contribution in [3.63, 3.8) is 0 Å². The lowest BCUT2D eigenvalue weighted by molar-refractivity contribution is 0.0677. The van der Waals surface area contributed by atoms with Crippen molar-refractivity contribution in [1.82, 2.24) is 4.90 Å². The molecule has 1 aliphatic rings. The predicted molar refractivity (Wildman–Crippen MR) is 67.3 cm³/mol. The first-order chi connectivity index (χ1) is 8.15. The average molecular weight is 254 g/mol. The second kappa shape index (κ2) is 5.07. The molecule has 1 unspecified atom stereocenters. The van der Waals surface area contributed by atoms with Gasteiger partial charge in [0.05, 0.1) is 12.6 Å². The Morgan fingerprint density at radius 1 is 1.59 bits per heavy atom. The number of aliphatic hydroxyl groups excluding tert-OH is 1. The fourth-order valence-electron chi connectivity index (χ4n) is 2.29. The molecule has 1 atom stereocenters. The maximum Gasteiger partial charge on any atom is 0.254 e. The Morgan fingerprint density at radius 3 is 3.06 bits per heavy atom. The Balaban J connectivity index is 2.28. The maximum absolute atomic E-state index is 12.3. The summed E-state index contributed by atoms with van der Waals surface area (Å²) in [5.74, 6) is -0.0263. The van der Waals surface area contributed by atoms with E-state index < -0.39 is 0 Å². The van der Waals surface area contributed by atoms with E-state index in [9.17, 15) is 9.90 Å². The van der Waals surface area contributed by atoms with E-state index in [0.717, 1.165) is 24.9 Å². The van der Waals surface area contributed by atoms with Gasteiger partial charge in [0.1, 0.15) is 0 Å². The summed E-state index contributed by atoms with van der Waals surface area (Å²) < 4.78 is 0. The van der Waals surface area contributed by atoms with Crippen LogP contribution in [0.2, 0.25) is 5.02 Å². The molecule has 1 fully saturated rings. The number of carbonyl (C=O) groups excluding carboxylic acids is 1. The van der Waals surface area contributed by atoms with Crippen LogP contribution in [-0.2, 0) is 0 Å². The van der Waals surface area contributed by atoms with Crippen LogP contribution in [0.25, 0.3) is 0 Å². The fourth-order valence-corrected chi connectivity index (χ4v) is 2.46. The van der Waals surface area contributed by atoms with Crippen LogP contribution in [0.1, 0.15) is 28.8 Å². The third-order valence-electron chi connectivity index (χ3n) is 3.35. The Labute approximate surface area is 106 Å². The summed E-state index contributed by atoms with van der Waals surface area (Å²) in [4.78, 5) is 14.1. The van der Waals surface area contributed by atoms with E-state index in [-0.39, 0.29) is 18.6 Å². The highest BCUT2D eigenvalue weighted by molar-refractivity contribution is 6.31. The Hall–Kier alpha value is -1.06.